The van der Waals surface area contributed by atoms with E-state index in [1.54, 1.807) is 0 Å². The largest absolute Gasteiger partial charge is 0.462 e. The van der Waals surface area contributed by atoms with E-state index in [9.17, 15) is 14.4 Å². The van der Waals surface area contributed by atoms with Gasteiger partial charge in [-0.15, -0.1) is 0 Å². The van der Waals surface area contributed by atoms with Crippen LogP contribution in [0.3, 0.4) is 0 Å². The minimum Gasteiger partial charge on any atom is -0.462 e. The van der Waals surface area contributed by atoms with E-state index in [0.29, 0.717) is 19.3 Å². The standard InChI is InChI=1S/C64H100O6/c1-4-7-10-13-16-19-22-25-28-31-32-34-36-39-42-45-48-51-54-57-63(66)69-60-61(59-68-62(65)56-53-50-47-44-41-38-35-30-27-24-21-18-15-12-9-6-3)70-64(67)58-55-52-49-46-43-40-37-33-29-26-23-20-17-14-11-8-5-2/h7-12,16-21,25-30,37-38,40-41,46,49,61H,4-6,13-15,22-24,31-36,39,42-45,47-48,50-60H2,1-3H3/b10-7-,11-8-,12-9-,19-16-,20-17-,21-18-,28-25-,29-26-,30-27-,40-37-,41-38-,49-46-. The fourth-order valence-electron chi connectivity index (χ4n) is 7.01. The lowest BCUT2D eigenvalue weighted by atomic mass is 10.1. The van der Waals surface area contributed by atoms with E-state index < -0.39 is 6.10 Å². The quantitative estimate of drug-likeness (QED) is 0.0262. The van der Waals surface area contributed by atoms with Crippen LogP contribution in [0.15, 0.2) is 146 Å². The lowest BCUT2D eigenvalue weighted by Crippen LogP contribution is -2.30. The second kappa shape index (κ2) is 56.9. The van der Waals surface area contributed by atoms with E-state index in [0.717, 1.165) is 135 Å². The number of hydrogen-bond donors (Lipinski definition) is 0. The smallest absolute Gasteiger partial charge is 0.306 e. The highest BCUT2D eigenvalue weighted by molar-refractivity contribution is 5.71. The Morgan fingerprint density at radius 2 is 0.529 bits per heavy atom. The molecule has 0 aliphatic rings. The third kappa shape index (κ3) is 54.2. The van der Waals surface area contributed by atoms with Crippen LogP contribution in [0.25, 0.3) is 0 Å². The van der Waals surface area contributed by atoms with Crippen LogP contribution in [0.5, 0.6) is 0 Å². The van der Waals surface area contributed by atoms with Crippen LogP contribution in [0.2, 0.25) is 0 Å². The first-order valence-corrected chi connectivity index (χ1v) is 27.8. The van der Waals surface area contributed by atoms with Crippen molar-refractivity contribution in [2.75, 3.05) is 13.2 Å². The molecule has 0 radical (unpaired) electrons. The van der Waals surface area contributed by atoms with Gasteiger partial charge in [0.2, 0.25) is 0 Å². The summed E-state index contributed by atoms with van der Waals surface area (Å²) in [5.41, 5.74) is 0. The summed E-state index contributed by atoms with van der Waals surface area (Å²) < 4.78 is 16.8. The van der Waals surface area contributed by atoms with Crippen molar-refractivity contribution in [2.24, 2.45) is 0 Å². The lowest BCUT2D eigenvalue weighted by molar-refractivity contribution is -0.167. The highest BCUT2D eigenvalue weighted by atomic mass is 16.6. The summed E-state index contributed by atoms with van der Waals surface area (Å²) in [7, 11) is 0. The average molecular weight is 965 g/mol. The number of carbonyl (C=O) groups is 3. The number of esters is 3. The fourth-order valence-corrected chi connectivity index (χ4v) is 7.01. The van der Waals surface area contributed by atoms with Gasteiger partial charge in [0.05, 0.1) is 0 Å². The van der Waals surface area contributed by atoms with E-state index in [2.05, 4.69) is 167 Å². The molecular weight excluding hydrogens is 865 g/mol. The van der Waals surface area contributed by atoms with Gasteiger partial charge in [0.25, 0.3) is 0 Å². The molecule has 0 heterocycles. The molecule has 0 aromatic rings. The predicted octanol–water partition coefficient (Wildman–Crippen LogP) is 18.8. The van der Waals surface area contributed by atoms with Crippen LogP contribution in [0.4, 0.5) is 0 Å². The molecule has 0 aliphatic heterocycles. The molecule has 6 nitrogen and oxygen atoms in total. The summed E-state index contributed by atoms with van der Waals surface area (Å²) in [6.45, 7) is 6.21. The zero-order valence-electron chi connectivity index (χ0n) is 44.7. The van der Waals surface area contributed by atoms with Crippen LogP contribution in [0.1, 0.15) is 220 Å². The summed E-state index contributed by atoms with van der Waals surface area (Å²) in [5.74, 6) is -1.02. The molecule has 0 N–H and O–H groups in total. The molecule has 0 aromatic carbocycles. The molecule has 0 aliphatic carbocycles. The molecule has 0 spiro atoms. The molecule has 0 fully saturated rings. The second-order valence-electron chi connectivity index (χ2n) is 17.7. The van der Waals surface area contributed by atoms with E-state index in [1.165, 1.54) is 38.5 Å². The van der Waals surface area contributed by atoms with Gasteiger partial charge in [0, 0.05) is 19.3 Å². The van der Waals surface area contributed by atoms with Crippen molar-refractivity contribution >= 4 is 17.9 Å². The highest BCUT2D eigenvalue weighted by Crippen LogP contribution is 2.13. The Morgan fingerprint density at radius 1 is 0.286 bits per heavy atom. The SMILES string of the molecule is CC/C=C\C/C=C\C/C=C\C/C=C\C/C=C\CCCC(=O)OC(COC(=O)CCCCC/C=C\C/C=C\C/C=C\C/C=C\CC)COC(=O)CCCCCCCCCCC/C=C\C/C=C\C/C=C\CC. The normalized spacial score (nSPS) is 13.2. The molecule has 1 atom stereocenters. The Hall–Kier alpha value is -4.71. The molecule has 6 heteroatoms. The van der Waals surface area contributed by atoms with Crippen LogP contribution >= 0.6 is 0 Å². The Balaban J connectivity index is 4.55. The second-order valence-corrected chi connectivity index (χ2v) is 17.7. The monoisotopic (exact) mass is 965 g/mol. The molecule has 0 aromatic heterocycles. The van der Waals surface area contributed by atoms with Crippen molar-refractivity contribution in [2.45, 2.75) is 226 Å². The van der Waals surface area contributed by atoms with Crippen molar-refractivity contribution in [3.63, 3.8) is 0 Å². The van der Waals surface area contributed by atoms with E-state index in [4.69, 9.17) is 14.2 Å². The predicted molar refractivity (Wildman–Crippen MR) is 302 cm³/mol. The van der Waals surface area contributed by atoms with Crippen LogP contribution in [-0.2, 0) is 28.6 Å². The Labute approximate surface area is 429 Å². The van der Waals surface area contributed by atoms with Crippen molar-refractivity contribution in [1.29, 1.82) is 0 Å². The maximum Gasteiger partial charge on any atom is 0.306 e. The highest BCUT2D eigenvalue weighted by Gasteiger charge is 2.19. The Kier molecular flexibility index (Phi) is 53.0. The minimum absolute atomic E-state index is 0.120. The molecular formula is C64H100O6. The molecule has 0 saturated heterocycles. The molecule has 1 unspecified atom stereocenters. The molecule has 0 bridgehead atoms. The number of unbranched alkanes of at least 4 members (excludes halogenated alkanes) is 13. The third-order valence-corrected chi connectivity index (χ3v) is 11.1. The van der Waals surface area contributed by atoms with Gasteiger partial charge in [-0.2, -0.15) is 0 Å². The van der Waals surface area contributed by atoms with Crippen molar-refractivity contribution < 1.29 is 28.6 Å². The van der Waals surface area contributed by atoms with Crippen LogP contribution < -0.4 is 0 Å². The van der Waals surface area contributed by atoms with Gasteiger partial charge in [0.15, 0.2) is 6.10 Å². The van der Waals surface area contributed by atoms with Gasteiger partial charge in [0.1, 0.15) is 13.2 Å². The van der Waals surface area contributed by atoms with Gasteiger partial charge in [-0.05, 0) is 128 Å². The van der Waals surface area contributed by atoms with E-state index in [1.807, 2.05) is 0 Å². The van der Waals surface area contributed by atoms with Crippen molar-refractivity contribution in [3.05, 3.63) is 146 Å². The number of carbonyl (C=O) groups excluding carboxylic acids is 3. The minimum atomic E-state index is -0.830. The van der Waals surface area contributed by atoms with Crippen molar-refractivity contribution in [3.8, 4) is 0 Å². The van der Waals surface area contributed by atoms with Crippen LogP contribution in [0, 0.1) is 0 Å². The molecule has 392 valence electrons. The summed E-state index contributed by atoms with van der Waals surface area (Å²) in [6.07, 6.45) is 81.2. The summed E-state index contributed by atoms with van der Waals surface area (Å²) in [4.78, 5) is 38.1. The number of rotatable bonds is 48. The molecule has 0 amide bonds. The molecule has 70 heavy (non-hydrogen) atoms. The van der Waals surface area contributed by atoms with E-state index >= 15 is 0 Å². The van der Waals surface area contributed by atoms with Gasteiger partial charge in [-0.1, -0.05) is 218 Å². The van der Waals surface area contributed by atoms with E-state index in [-0.39, 0.29) is 37.5 Å². The zero-order valence-corrected chi connectivity index (χ0v) is 44.7. The number of allylic oxidation sites excluding steroid dienone is 24. The summed E-state index contributed by atoms with van der Waals surface area (Å²) >= 11 is 0. The Bertz CT molecular complexity index is 1580. The molecule has 0 rings (SSSR count). The maximum absolute atomic E-state index is 12.8. The van der Waals surface area contributed by atoms with Crippen molar-refractivity contribution in [1.82, 2.24) is 0 Å². The topological polar surface area (TPSA) is 78.9 Å². The van der Waals surface area contributed by atoms with Gasteiger partial charge >= 0.3 is 17.9 Å². The first-order chi connectivity index (χ1) is 34.5. The maximum atomic E-state index is 12.8. The zero-order chi connectivity index (χ0) is 50.7. The molecule has 0 saturated carbocycles. The summed E-state index contributed by atoms with van der Waals surface area (Å²) in [6, 6.07) is 0. The third-order valence-electron chi connectivity index (χ3n) is 11.1. The number of ether oxygens (including phenoxy) is 3. The average Bonchev–Trinajstić information content (AvgIpc) is 3.36. The summed E-state index contributed by atoms with van der Waals surface area (Å²) in [5, 5.41) is 0. The van der Waals surface area contributed by atoms with Gasteiger partial charge in [-0.25, -0.2) is 0 Å². The first kappa shape index (κ1) is 65.3. The van der Waals surface area contributed by atoms with Crippen LogP contribution in [-0.4, -0.2) is 37.2 Å². The lowest BCUT2D eigenvalue weighted by Gasteiger charge is -2.18. The van der Waals surface area contributed by atoms with Gasteiger partial charge < -0.3 is 14.2 Å². The fraction of sp³-hybridized carbons (Fsp3) is 0.578. The number of hydrogen-bond acceptors (Lipinski definition) is 6. The van der Waals surface area contributed by atoms with Gasteiger partial charge in [-0.3, -0.25) is 14.4 Å². The first-order valence-electron chi connectivity index (χ1n) is 27.8. The Morgan fingerprint density at radius 3 is 0.857 bits per heavy atom.